The number of nitrogens with one attached hydrogen (secondary N) is 2. The first-order chi connectivity index (χ1) is 6.20. The van der Waals surface area contributed by atoms with Crippen LogP contribution < -0.4 is 10.9 Å². The zero-order valence-electron chi connectivity index (χ0n) is 6.52. The van der Waals surface area contributed by atoms with Gasteiger partial charge in [0.1, 0.15) is 0 Å². The van der Waals surface area contributed by atoms with Crippen molar-refractivity contribution in [2.45, 2.75) is 0 Å². The predicted molar refractivity (Wildman–Crippen MR) is 42.9 cm³/mol. The van der Waals surface area contributed by atoms with Crippen molar-refractivity contribution in [1.82, 2.24) is 15.8 Å². The number of aromatic nitrogens is 1. The van der Waals surface area contributed by atoms with Gasteiger partial charge in [-0.05, 0) is 12.1 Å². The molecule has 13 heavy (non-hydrogen) atoms. The number of carbonyl (C=O) groups excluding carboxylic acids is 1. The van der Waals surface area contributed by atoms with E-state index < -0.39 is 12.0 Å². The van der Waals surface area contributed by atoms with E-state index in [1.165, 1.54) is 18.5 Å². The summed E-state index contributed by atoms with van der Waals surface area (Å²) in [6.45, 7) is 0. The summed E-state index contributed by atoms with van der Waals surface area (Å²) in [6.07, 6.45) is 1.53. The molecule has 1 aromatic rings. The molecule has 1 rings (SSSR count). The number of hydrogen-bond donors (Lipinski definition) is 3. The molecule has 0 bridgehead atoms. The van der Waals surface area contributed by atoms with Crippen molar-refractivity contribution >= 4 is 12.0 Å². The Hall–Kier alpha value is -2.11. The molecule has 6 nitrogen and oxygen atoms in total. The Kier molecular flexibility index (Phi) is 2.80. The maximum Gasteiger partial charge on any atom is 0.423 e. The van der Waals surface area contributed by atoms with Gasteiger partial charge in [0.15, 0.2) is 0 Å². The standard InChI is InChI=1S/C7H7N3O3/c11-6(9-10-7(12)13)5-2-1-3-8-4-5/h1-4,10H,(H,9,11)(H,12,13). The maximum absolute atomic E-state index is 11.1. The van der Waals surface area contributed by atoms with Gasteiger partial charge in [-0.25, -0.2) is 10.2 Å². The van der Waals surface area contributed by atoms with Crippen LogP contribution in [-0.4, -0.2) is 22.1 Å². The molecular weight excluding hydrogens is 174 g/mol. The first-order valence-electron chi connectivity index (χ1n) is 3.39. The van der Waals surface area contributed by atoms with Crippen molar-refractivity contribution in [3.63, 3.8) is 0 Å². The van der Waals surface area contributed by atoms with Crippen molar-refractivity contribution in [2.75, 3.05) is 0 Å². The largest absolute Gasteiger partial charge is 0.464 e. The van der Waals surface area contributed by atoms with Crippen LogP contribution in [-0.2, 0) is 0 Å². The van der Waals surface area contributed by atoms with E-state index in [1.807, 2.05) is 5.43 Å². The van der Waals surface area contributed by atoms with Crippen LogP contribution in [0.4, 0.5) is 4.79 Å². The van der Waals surface area contributed by atoms with Crippen molar-refractivity contribution in [3.8, 4) is 0 Å². The Morgan fingerprint density at radius 1 is 1.38 bits per heavy atom. The van der Waals surface area contributed by atoms with Crippen LogP contribution >= 0.6 is 0 Å². The Bertz CT molecular complexity index is 312. The van der Waals surface area contributed by atoms with E-state index in [0.29, 0.717) is 0 Å². The average molecular weight is 181 g/mol. The fraction of sp³-hybridized carbons (Fsp3) is 0. The molecule has 1 heterocycles. The van der Waals surface area contributed by atoms with E-state index in [1.54, 1.807) is 11.5 Å². The van der Waals surface area contributed by atoms with Crippen molar-refractivity contribution < 1.29 is 14.7 Å². The number of hydrogen-bond acceptors (Lipinski definition) is 3. The van der Waals surface area contributed by atoms with Gasteiger partial charge in [-0.3, -0.25) is 15.2 Å². The van der Waals surface area contributed by atoms with E-state index in [4.69, 9.17) is 5.11 Å². The van der Waals surface area contributed by atoms with Crippen LogP contribution in [0.25, 0.3) is 0 Å². The zero-order chi connectivity index (χ0) is 9.68. The first kappa shape index (κ1) is 8.98. The quantitative estimate of drug-likeness (QED) is 0.531. The molecule has 0 unspecified atom stereocenters. The molecule has 0 saturated carbocycles. The Labute approximate surface area is 73.6 Å². The maximum atomic E-state index is 11.1. The SMILES string of the molecule is O=C(O)NNC(=O)c1cccnc1. The Morgan fingerprint density at radius 3 is 2.69 bits per heavy atom. The van der Waals surface area contributed by atoms with Gasteiger partial charge in [0, 0.05) is 12.4 Å². The second kappa shape index (κ2) is 4.05. The summed E-state index contributed by atoms with van der Waals surface area (Å²) >= 11 is 0. The number of rotatable bonds is 1. The molecule has 0 aliphatic rings. The zero-order valence-corrected chi connectivity index (χ0v) is 6.52. The van der Waals surface area contributed by atoms with Crippen LogP contribution in [0.5, 0.6) is 0 Å². The molecule has 0 spiro atoms. The highest BCUT2D eigenvalue weighted by molar-refractivity contribution is 5.94. The highest BCUT2D eigenvalue weighted by Crippen LogP contribution is 1.93. The number of pyridine rings is 1. The van der Waals surface area contributed by atoms with E-state index >= 15 is 0 Å². The molecule has 0 atom stereocenters. The minimum Gasteiger partial charge on any atom is -0.464 e. The van der Waals surface area contributed by atoms with Crippen LogP contribution in [0.2, 0.25) is 0 Å². The van der Waals surface area contributed by atoms with Gasteiger partial charge in [-0.1, -0.05) is 0 Å². The van der Waals surface area contributed by atoms with Crippen LogP contribution in [0.3, 0.4) is 0 Å². The smallest absolute Gasteiger partial charge is 0.423 e. The Balaban J connectivity index is 2.54. The third-order valence-electron chi connectivity index (χ3n) is 1.21. The van der Waals surface area contributed by atoms with Gasteiger partial charge in [0.25, 0.3) is 5.91 Å². The average Bonchev–Trinajstić information content (AvgIpc) is 2.15. The predicted octanol–water partition coefficient (Wildman–Crippen LogP) is -0.00600. The lowest BCUT2D eigenvalue weighted by molar-refractivity contribution is 0.0926. The van der Waals surface area contributed by atoms with Crippen LogP contribution in [0, 0.1) is 0 Å². The van der Waals surface area contributed by atoms with Gasteiger partial charge in [0.2, 0.25) is 0 Å². The molecule has 0 saturated heterocycles. The summed E-state index contributed by atoms with van der Waals surface area (Å²) in [4.78, 5) is 24.8. The molecule has 1 aromatic heterocycles. The fourth-order valence-electron chi connectivity index (χ4n) is 0.679. The van der Waals surface area contributed by atoms with Gasteiger partial charge in [-0.2, -0.15) is 0 Å². The van der Waals surface area contributed by atoms with Crippen molar-refractivity contribution in [3.05, 3.63) is 30.1 Å². The number of nitrogens with zero attached hydrogens (tertiary/aromatic N) is 1. The molecule has 0 aliphatic carbocycles. The van der Waals surface area contributed by atoms with E-state index in [9.17, 15) is 9.59 Å². The molecule has 3 N–H and O–H groups in total. The molecule has 0 aromatic carbocycles. The number of carbonyl (C=O) groups is 2. The molecule has 2 amide bonds. The lowest BCUT2D eigenvalue weighted by atomic mass is 10.3. The summed E-state index contributed by atoms with van der Waals surface area (Å²) < 4.78 is 0. The third-order valence-corrected chi connectivity index (χ3v) is 1.21. The third kappa shape index (κ3) is 2.78. The molecular formula is C7H7N3O3. The highest BCUT2D eigenvalue weighted by atomic mass is 16.4. The van der Waals surface area contributed by atoms with Crippen LogP contribution in [0.1, 0.15) is 10.4 Å². The minimum atomic E-state index is -1.32. The van der Waals surface area contributed by atoms with Crippen molar-refractivity contribution in [1.29, 1.82) is 0 Å². The summed E-state index contributed by atoms with van der Waals surface area (Å²) in [5.74, 6) is -0.546. The summed E-state index contributed by atoms with van der Waals surface area (Å²) in [7, 11) is 0. The molecule has 68 valence electrons. The minimum absolute atomic E-state index is 0.288. The Morgan fingerprint density at radius 2 is 2.15 bits per heavy atom. The molecule has 0 radical (unpaired) electrons. The summed E-state index contributed by atoms with van der Waals surface area (Å²) in [6, 6.07) is 3.10. The lowest BCUT2D eigenvalue weighted by Crippen LogP contribution is -2.40. The van der Waals surface area contributed by atoms with E-state index in [-0.39, 0.29) is 5.56 Å². The molecule has 0 aliphatic heterocycles. The van der Waals surface area contributed by atoms with Gasteiger partial charge >= 0.3 is 6.09 Å². The highest BCUT2D eigenvalue weighted by Gasteiger charge is 2.04. The first-order valence-corrected chi connectivity index (χ1v) is 3.39. The second-order valence-electron chi connectivity index (χ2n) is 2.13. The van der Waals surface area contributed by atoms with E-state index in [0.717, 1.165) is 0 Å². The number of carboxylic acid groups (broad SMARTS) is 1. The normalized spacial score (nSPS) is 8.92. The van der Waals surface area contributed by atoms with E-state index in [2.05, 4.69) is 4.98 Å². The summed E-state index contributed by atoms with van der Waals surface area (Å²) in [5.41, 5.74) is 3.99. The monoisotopic (exact) mass is 181 g/mol. The molecule has 6 heteroatoms. The fourth-order valence-corrected chi connectivity index (χ4v) is 0.679. The molecule has 0 fully saturated rings. The topological polar surface area (TPSA) is 91.3 Å². The number of amides is 2. The van der Waals surface area contributed by atoms with Gasteiger partial charge in [0.05, 0.1) is 5.56 Å². The van der Waals surface area contributed by atoms with Crippen molar-refractivity contribution in [2.24, 2.45) is 0 Å². The van der Waals surface area contributed by atoms with Gasteiger partial charge < -0.3 is 5.11 Å². The summed E-state index contributed by atoms with van der Waals surface area (Å²) in [5, 5.41) is 8.17. The van der Waals surface area contributed by atoms with Gasteiger partial charge in [-0.15, -0.1) is 0 Å². The lowest BCUT2D eigenvalue weighted by Gasteiger charge is -2.02. The second-order valence-corrected chi connectivity index (χ2v) is 2.13. The number of hydrazine groups is 1. The van der Waals surface area contributed by atoms with Crippen LogP contribution in [0.15, 0.2) is 24.5 Å².